The number of aryl methyl sites for hydroxylation is 1. The SMILES string of the molecule is Cc1c(C(=O)Nc2ccc(C(=O)O)cc2)sc2nnc(C(C)C)n12. The van der Waals surface area contributed by atoms with Crippen molar-refractivity contribution < 1.29 is 14.7 Å². The second-order valence-electron chi connectivity index (χ2n) is 5.68. The van der Waals surface area contributed by atoms with E-state index in [4.69, 9.17) is 5.11 Å². The topological polar surface area (TPSA) is 96.6 Å². The molecule has 7 nitrogen and oxygen atoms in total. The van der Waals surface area contributed by atoms with Gasteiger partial charge in [0.15, 0.2) is 0 Å². The number of anilines is 1. The number of hydrogen-bond donors (Lipinski definition) is 2. The summed E-state index contributed by atoms with van der Waals surface area (Å²) in [7, 11) is 0. The first-order valence-electron chi connectivity index (χ1n) is 7.37. The average Bonchev–Trinajstić information content (AvgIpc) is 3.08. The lowest BCUT2D eigenvalue weighted by atomic mass is 10.2. The molecule has 0 aliphatic carbocycles. The van der Waals surface area contributed by atoms with Crippen molar-refractivity contribution in [3.05, 3.63) is 46.2 Å². The highest BCUT2D eigenvalue weighted by atomic mass is 32.1. The van der Waals surface area contributed by atoms with E-state index in [-0.39, 0.29) is 17.4 Å². The van der Waals surface area contributed by atoms with Gasteiger partial charge in [0.05, 0.1) is 5.56 Å². The molecule has 2 aromatic heterocycles. The van der Waals surface area contributed by atoms with Gasteiger partial charge in [-0.3, -0.25) is 9.20 Å². The van der Waals surface area contributed by atoms with Crippen LogP contribution in [0.3, 0.4) is 0 Å². The predicted octanol–water partition coefficient (Wildman–Crippen LogP) is 3.17. The summed E-state index contributed by atoms with van der Waals surface area (Å²) in [6, 6.07) is 6.03. The average molecular weight is 344 g/mol. The maximum absolute atomic E-state index is 12.5. The number of nitrogens with zero attached hydrogens (tertiary/aromatic N) is 3. The molecule has 2 N–H and O–H groups in total. The molecule has 1 aromatic carbocycles. The molecule has 0 fully saturated rings. The van der Waals surface area contributed by atoms with Crippen LogP contribution < -0.4 is 5.32 Å². The number of benzene rings is 1. The second-order valence-corrected chi connectivity index (χ2v) is 6.66. The number of amides is 1. The predicted molar refractivity (Wildman–Crippen MR) is 91.0 cm³/mol. The lowest BCUT2D eigenvalue weighted by Crippen LogP contribution is -2.12. The van der Waals surface area contributed by atoms with Crippen molar-refractivity contribution in [3.8, 4) is 0 Å². The number of carbonyl (C=O) groups is 2. The third-order valence-corrected chi connectivity index (χ3v) is 4.76. The molecule has 0 spiro atoms. The Labute approximate surface area is 142 Å². The number of carboxylic acid groups (broad SMARTS) is 1. The normalized spacial score (nSPS) is 11.2. The van der Waals surface area contributed by atoms with Crippen molar-refractivity contribution in [2.24, 2.45) is 0 Å². The number of rotatable bonds is 4. The molecule has 1 amide bonds. The van der Waals surface area contributed by atoms with Gasteiger partial charge in [0.25, 0.3) is 5.91 Å². The standard InChI is InChI=1S/C16H16N4O3S/c1-8(2)13-18-19-16-20(13)9(3)12(24-16)14(21)17-11-6-4-10(5-7-11)15(22)23/h4-8H,1-3H3,(H,17,21)(H,22,23). The van der Waals surface area contributed by atoms with E-state index in [9.17, 15) is 9.59 Å². The zero-order valence-electron chi connectivity index (χ0n) is 13.4. The lowest BCUT2D eigenvalue weighted by Gasteiger charge is -2.06. The first-order valence-corrected chi connectivity index (χ1v) is 8.19. The zero-order valence-corrected chi connectivity index (χ0v) is 14.2. The number of carboxylic acids is 1. The molecule has 124 valence electrons. The number of nitrogens with one attached hydrogen (secondary N) is 1. The lowest BCUT2D eigenvalue weighted by molar-refractivity contribution is 0.0696. The summed E-state index contributed by atoms with van der Waals surface area (Å²) in [6.45, 7) is 5.91. The molecule has 3 rings (SSSR count). The van der Waals surface area contributed by atoms with Crippen LogP contribution in [-0.4, -0.2) is 31.6 Å². The van der Waals surface area contributed by atoms with Crippen LogP contribution in [-0.2, 0) is 0 Å². The summed E-state index contributed by atoms with van der Waals surface area (Å²) in [5, 5.41) is 20.0. The molecular formula is C16H16N4O3S. The molecule has 0 bridgehead atoms. The van der Waals surface area contributed by atoms with Gasteiger partial charge in [-0.15, -0.1) is 10.2 Å². The van der Waals surface area contributed by atoms with Crippen LogP contribution in [0.25, 0.3) is 4.96 Å². The van der Waals surface area contributed by atoms with E-state index >= 15 is 0 Å². The summed E-state index contributed by atoms with van der Waals surface area (Å²) < 4.78 is 1.90. The summed E-state index contributed by atoms with van der Waals surface area (Å²) >= 11 is 1.28. The highest BCUT2D eigenvalue weighted by Gasteiger charge is 2.21. The summed E-state index contributed by atoms with van der Waals surface area (Å²) in [5.74, 6) is -0.228. The fourth-order valence-electron chi connectivity index (χ4n) is 2.40. The first-order chi connectivity index (χ1) is 11.4. The minimum absolute atomic E-state index is 0.173. The zero-order chi connectivity index (χ0) is 17.4. The Balaban J connectivity index is 1.88. The summed E-state index contributed by atoms with van der Waals surface area (Å²) in [4.78, 5) is 24.6. The monoisotopic (exact) mass is 344 g/mol. The van der Waals surface area contributed by atoms with Crippen molar-refractivity contribution in [2.45, 2.75) is 26.7 Å². The van der Waals surface area contributed by atoms with Crippen LogP contribution >= 0.6 is 11.3 Å². The van der Waals surface area contributed by atoms with Gasteiger partial charge in [-0.2, -0.15) is 0 Å². The van der Waals surface area contributed by atoms with E-state index in [1.54, 1.807) is 12.1 Å². The molecule has 0 unspecified atom stereocenters. The number of thiazole rings is 1. The number of carbonyl (C=O) groups excluding carboxylic acids is 1. The van der Waals surface area contributed by atoms with Crippen molar-refractivity contribution in [1.29, 1.82) is 0 Å². The highest BCUT2D eigenvalue weighted by Crippen LogP contribution is 2.26. The molecule has 8 heteroatoms. The number of fused-ring (bicyclic) bond motifs is 1. The third-order valence-electron chi connectivity index (χ3n) is 3.63. The molecule has 0 saturated carbocycles. The minimum atomic E-state index is -1.00. The molecule has 0 saturated heterocycles. The summed E-state index contributed by atoms with van der Waals surface area (Å²) in [6.07, 6.45) is 0. The van der Waals surface area contributed by atoms with Gasteiger partial charge >= 0.3 is 5.97 Å². The summed E-state index contributed by atoms with van der Waals surface area (Å²) in [5.41, 5.74) is 1.51. The van der Waals surface area contributed by atoms with E-state index in [1.807, 2.05) is 25.2 Å². The van der Waals surface area contributed by atoms with Gasteiger partial charge in [-0.1, -0.05) is 25.2 Å². The molecule has 0 aliphatic rings. The molecule has 24 heavy (non-hydrogen) atoms. The van der Waals surface area contributed by atoms with Gasteiger partial charge in [-0.25, -0.2) is 4.79 Å². The van der Waals surface area contributed by atoms with Crippen LogP contribution in [0.15, 0.2) is 24.3 Å². The molecule has 0 atom stereocenters. The van der Waals surface area contributed by atoms with Gasteiger partial charge in [0, 0.05) is 17.3 Å². The van der Waals surface area contributed by atoms with Crippen molar-refractivity contribution in [2.75, 3.05) is 5.32 Å². The van der Waals surface area contributed by atoms with Crippen LogP contribution in [0.1, 0.15) is 51.3 Å². The number of hydrogen-bond acceptors (Lipinski definition) is 5. The highest BCUT2D eigenvalue weighted by molar-refractivity contribution is 7.19. The quantitative estimate of drug-likeness (QED) is 0.758. The fourth-order valence-corrected chi connectivity index (χ4v) is 3.37. The van der Waals surface area contributed by atoms with Gasteiger partial charge in [0.2, 0.25) is 4.96 Å². The third kappa shape index (κ3) is 2.76. The Bertz CT molecular complexity index is 925. The van der Waals surface area contributed by atoms with Crippen molar-refractivity contribution in [3.63, 3.8) is 0 Å². The van der Waals surface area contributed by atoms with E-state index in [0.717, 1.165) is 11.5 Å². The van der Waals surface area contributed by atoms with E-state index in [0.29, 0.717) is 15.5 Å². The van der Waals surface area contributed by atoms with Crippen LogP contribution in [0.4, 0.5) is 5.69 Å². The minimum Gasteiger partial charge on any atom is -0.478 e. The molecular weight excluding hydrogens is 328 g/mol. The Morgan fingerprint density at radius 3 is 2.46 bits per heavy atom. The van der Waals surface area contributed by atoms with E-state index in [1.165, 1.54) is 23.5 Å². The Morgan fingerprint density at radius 2 is 1.88 bits per heavy atom. The van der Waals surface area contributed by atoms with Gasteiger partial charge in [-0.05, 0) is 31.2 Å². The molecule has 0 radical (unpaired) electrons. The molecule has 0 aliphatic heterocycles. The number of aromatic nitrogens is 3. The van der Waals surface area contributed by atoms with E-state index in [2.05, 4.69) is 15.5 Å². The Hall–Kier alpha value is -2.74. The maximum Gasteiger partial charge on any atom is 0.335 e. The Morgan fingerprint density at radius 1 is 1.21 bits per heavy atom. The first kappa shape index (κ1) is 16.1. The van der Waals surface area contributed by atoms with Crippen LogP contribution in [0.5, 0.6) is 0 Å². The molecule has 2 heterocycles. The smallest absolute Gasteiger partial charge is 0.335 e. The molecule has 3 aromatic rings. The van der Waals surface area contributed by atoms with Gasteiger partial charge < -0.3 is 10.4 Å². The van der Waals surface area contributed by atoms with Crippen molar-refractivity contribution in [1.82, 2.24) is 14.6 Å². The van der Waals surface area contributed by atoms with Crippen LogP contribution in [0.2, 0.25) is 0 Å². The largest absolute Gasteiger partial charge is 0.478 e. The van der Waals surface area contributed by atoms with Crippen LogP contribution in [0, 0.1) is 6.92 Å². The van der Waals surface area contributed by atoms with Gasteiger partial charge in [0.1, 0.15) is 10.7 Å². The maximum atomic E-state index is 12.5. The number of aromatic carboxylic acids is 1. The Kier molecular flexibility index (Phi) is 4.06. The second kappa shape index (κ2) is 6.04. The van der Waals surface area contributed by atoms with Crippen molar-refractivity contribution >= 4 is 33.9 Å². The fraction of sp³-hybridized carbons (Fsp3) is 0.250. The van der Waals surface area contributed by atoms with E-state index < -0.39 is 5.97 Å².